The molecule has 0 radical (unpaired) electrons. The van der Waals surface area contributed by atoms with Crippen molar-refractivity contribution in [2.75, 3.05) is 5.75 Å². The number of nitriles is 1. The molecule has 0 saturated heterocycles. The molecule has 1 aliphatic rings. The summed E-state index contributed by atoms with van der Waals surface area (Å²) in [6.07, 6.45) is 3.23. The van der Waals surface area contributed by atoms with Crippen LogP contribution < -0.4 is 5.73 Å². The summed E-state index contributed by atoms with van der Waals surface area (Å²) in [5, 5.41) is 9.19. The molecule has 0 fully saturated rings. The number of aromatic nitrogens is 1. The van der Waals surface area contributed by atoms with Crippen molar-refractivity contribution in [1.29, 1.82) is 5.26 Å². The third-order valence-corrected chi connectivity index (χ3v) is 4.99. The lowest BCUT2D eigenvalue weighted by Gasteiger charge is -2.30. The minimum Gasteiger partial charge on any atom is -0.379 e. The highest BCUT2D eigenvalue weighted by molar-refractivity contribution is 8.13. The molecule has 0 amide bonds. The van der Waals surface area contributed by atoms with Crippen LogP contribution in [0.2, 0.25) is 0 Å². The highest BCUT2D eigenvalue weighted by Crippen LogP contribution is 2.37. The first-order valence-electron chi connectivity index (χ1n) is 7.93. The molecule has 1 aliphatic heterocycles. The summed E-state index contributed by atoms with van der Waals surface area (Å²) in [5.74, 6) is -0.223. The van der Waals surface area contributed by atoms with Crippen molar-refractivity contribution in [2.45, 2.75) is 18.9 Å². The Morgan fingerprint density at radius 2 is 2.19 bits per heavy atom. The molecule has 26 heavy (non-hydrogen) atoms. The molecular weight excluding hydrogens is 354 g/mol. The average molecular weight is 370 g/mol. The Labute approximate surface area is 154 Å². The smallest absolute Gasteiger partial charge is 0.154 e. The molecule has 1 unspecified atom stereocenters. The molecule has 132 valence electrons. The van der Waals surface area contributed by atoms with Crippen LogP contribution in [-0.4, -0.2) is 15.9 Å². The molecule has 2 N–H and O–H groups in total. The molecule has 0 saturated carbocycles. The molecule has 0 spiro atoms. The normalized spacial score (nSPS) is 20.4. The molecule has 3 rings (SSSR count). The Kier molecular flexibility index (Phi) is 5.05. The molecule has 0 bridgehead atoms. The van der Waals surface area contributed by atoms with Crippen LogP contribution in [0.3, 0.4) is 0 Å². The second-order valence-corrected chi connectivity index (χ2v) is 7.21. The molecule has 1 aromatic carbocycles. The van der Waals surface area contributed by atoms with Gasteiger partial charge in [0.2, 0.25) is 0 Å². The Morgan fingerprint density at radius 3 is 2.85 bits per heavy atom. The van der Waals surface area contributed by atoms with E-state index >= 15 is 0 Å². The van der Waals surface area contributed by atoms with Gasteiger partial charge in [0.25, 0.3) is 0 Å². The standard InChI is InChI=1S/C19H16F2N4S/c1-19(6-7-26-18(23)25-19)14-8-12(2-4-15(14)20)9-16(21)17-5-3-13(10-22)11-24-17/h2-5,8-9,11H,6-7H2,1H3,(H2,23,25). The number of nitrogens with zero attached hydrogens (tertiary/aromatic N) is 3. The summed E-state index contributed by atoms with van der Waals surface area (Å²) >= 11 is 1.44. The largest absolute Gasteiger partial charge is 0.379 e. The lowest BCUT2D eigenvalue weighted by atomic mass is 9.88. The third kappa shape index (κ3) is 3.75. The van der Waals surface area contributed by atoms with Crippen molar-refractivity contribution in [1.82, 2.24) is 4.98 Å². The van der Waals surface area contributed by atoms with Crippen LogP contribution in [0.15, 0.2) is 41.5 Å². The number of hydrogen-bond donors (Lipinski definition) is 1. The quantitative estimate of drug-likeness (QED) is 0.877. The number of hydrogen-bond acceptors (Lipinski definition) is 5. The zero-order valence-corrected chi connectivity index (χ0v) is 14.9. The maximum Gasteiger partial charge on any atom is 0.154 e. The van der Waals surface area contributed by atoms with Gasteiger partial charge in [-0.3, -0.25) is 9.98 Å². The van der Waals surface area contributed by atoms with Crippen LogP contribution in [0, 0.1) is 17.1 Å². The molecular formula is C19H16F2N4S. The predicted octanol–water partition coefficient (Wildman–Crippen LogP) is 4.23. The average Bonchev–Trinajstić information content (AvgIpc) is 2.63. The van der Waals surface area contributed by atoms with Crippen LogP contribution in [0.4, 0.5) is 8.78 Å². The minimum absolute atomic E-state index is 0.109. The van der Waals surface area contributed by atoms with E-state index in [-0.39, 0.29) is 5.69 Å². The number of halogens is 2. The maximum atomic E-state index is 14.5. The number of thioether (sulfide) groups is 1. The zero-order valence-electron chi connectivity index (χ0n) is 14.0. The molecule has 4 nitrogen and oxygen atoms in total. The van der Waals surface area contributed by atoms with E-state index in [4.69, 9.17) is 11.0 Å². The monoisotopic (exact) mass is 370 g/mol. The SMILES string of the molecule is CC1(c2cc(C=C(F)c3ccc(C#N)cn3)ccc2F)CCSC(N)=N1. The summed E-state index contributed by atoms with van der Waals surface area (Å²) in [5.41, 5.74) is 6.37. The van der Waals surface area contributed by atoms with Gasteiger partial charge < -0.3 is 5.73 Å². The van der Waals surface area contributed by atoms with Crippen molar-refractivity contribution in [2.24, 2.45) is 10.7 Å². The lowest BCUT2D eigenvalue weighted by Crippen LogP contribution is -2.29. The van der Waals surface area contributed by atoms with Gasteiger partial charge in [0.15, 0.2) is 5.17 Å². The Bertz CT molecular complexity index is 932. The van der Waals surface area contributed by atoms with Gasteiger partial charge in [0.1, 0.15) is 17.7 Å². The van der Waals surface area contributed by atoms with Crippen LogP contribution in [0.5, 0.6) is 0 Å². The molecule has 7 heteroatoms. The number of amidine groups is 1. The number of pyridine rings is 1. The van der Waals surface area contributed by atoms with Gasteiger partial charge >= 0.3 is 0 Å². The fraction of sp³-hybridized carbons (Fsp3) is 0.211. The second-order valence-electron chi connectivity index (χ2n) is 6.10. The number of benzene rings is 1. The van der Waals surface area contributed by atoms with Crippen molar-refractivity contribution in [3.05, 3.63) is 64.7 Å². The second kappa shape index (κ2) is 7.26. The summed E-state index contributed by atoms with van der Waals surface area (Å²) < 4.78 is 28.9. The maximum absolute atomic E-state index is 14.5. The van der Waals surface area contributed by atoms with E-state index in [9.17, 15) is 8.78 Å². The highest BCUT2D eigenvalue weighted by atomic mass is 32.2. The summed E-state index contributed by atoms with van der Waals surface area (Å²) in [7, 11) is 0. The van der Waals surface area contributed by atoms with Crippen molar-refractivity contribution < 1.29 is 8.78 Å². The first-order valence-corrected chi connectivity index (χ1v) is 8.92. The van der Waals surface area contributed by atoms with E-state index in [1.807, 2.05) is 13.0 Å². The predicted molar refractivity (Wildman–Crippen MR) is 100 cm³/mol. The van der Waals surface area contributed by atoms with Gasteiger partial charge in [-0.1, -0.05) is 17.8 Å². The van der Waals surface area contributed by atoms with Crippen molar-refractivity contribution in [3.8, 4) is 6.07 Å². The summed E-state index contributed by atoms with van der Waals surface area (Å²) in [4.78, 5) is 8.32. The van der Waals surface area contributed by atoms with Gasteiger partial charge in [0.05, 0.1) is 16.8 Å². The lowest BCUT2D eigenvalue weighted by molar-refractivity contribution is 0.450. The van der Waals surface area contributed by atoms with Crippen LogP contribution in [0.1, 0.15) is 35.7 Å². The van der Waals surface area contributed by atoms with Gasteiger partial charge in [-0.25, -0.2) is 8.78 Å². The number of nitrogens with two attached hydrogens (primary N) is 1. The van der Waals surface area contributed by atoms with Crippen molar-refractivity contribution >= 4 is 28.8 Å². The molecule has 2 heterocycles. The van der Waals surface area contributed by atoms with Gasteiger partial charge in [0, 0.05) is 17.5 Å². The van der Waals surface area contributed by atoms with Gasteiger partial charge in [-0.15, -0.1) is 0 Å². The third-order valence-electron chi connectivity index (χ3n) is 4.20. The fourth-order valence-electron chi connectivity index (χ4n) is 2.75. The Hall–Kier alpha value is -2.72. The van der Waals surface area contributed by atoms with E-state index < -0.39 is 17.2 Å². The highest BCUT2D eigenvalue weighted by Gasteiger charge is 2.32. The first kappa shape index (κ1) is 18.1. The van der Waals surface area contributed by atoms with Crippen LogP contribution >= 0.6 is 11.8 Å². The van der Waals surface area contributed by atoms with Crippen molar-refractivity contribution in [3.63, 3.8) is 0 Å². The molecule has 2 aromatic rings. The van der Waals surface area contributed by atoms with Crippen LogP contribution in [-0.2, 0) is 5.54 Å². The van der Waals surface area contributed by atoms with Gasteiger partial charge in [-0.2, -0.15) is 5.26 Å². The molecule has 1 atom stereocenters. The van der Waals surface area contributed by atoms with Crippen LogP contribution in [0.25, 0.3) is 11.9 Å². The van der Waals surface area contributed by atoms with E-state index in [2.05, 4.69) is 9.98 Å². The van der Waals surface area contributed by atoms with E-state index in [1.54, 1.807) is 6.07 Å². The first-order chi connectivity index (χ1) is 12.4. The Balaban J connectivity index is 1.96. The van der Waals surface area contributed by atoms with Gasteiger partial charge in [-0.05, 0) is 49.2 Å². The molecule has 1 aromatic heterocycles. The van der Waals surface area contributed by atoms with E-state index in [0.717, 1.165) is 5.75 Å². The topological polar surface area (TPSA) is 75.1 Å². The minimum atomic E-state index is -0.771. The molecule has 0 aliphatic carbocycles. The zero-order chi connectivity index (χ0) is 18.7. The van der Waals surface area contributed by atoms with E-state index in [0.29, 0.717) is 28.3 Å². The summed E-state index contributed by atoms with van der Waals surface area (Å²) in [6, 6.07) is 9.24. The number of aliphatic imine (C=N–C) groups is 1. The number of rotatable bonds is 3. The van der Waals surface area contributed by atoms with E-state index in [1.165, 1.54) is 48.3 Å². The fourth-order valence-corrected chi connectivity index (χ4v) is 3.72. The summed E-state index contributed by atoms with van der Waals surface area (Å²) in [6.45, 7) is 1.82. The Morgan fingerprint density at radius 1 is 1.38 bits per heavy atom.